The Morgan fingerprint density at radius 2 is 1.61 bits per heavy atom. The fraction of sp³-hybridized carbons (Fsp3) is 1.00. The Kier molecular flexibility index (Phi) is 4.23. The van der Waals surface area contributed by atoms with Crippen molar-refractivity contribution in [2.45, 2.75) is 57.9 Å². The van der Waals surface area contributed by atoms with Crippen LogP contribution in [0.15, 0.2) is 0 Å². The standard InChI is InChI=1S/C17H30N2O3S/c1-2-16(18-23(20,21)19-3-5-22-6-4-19)17-10-13-7-14(11-17)9-15(8-13)12-17/h13-16,18H,2-12H2,1H3/t13?,14?,15?,16-,17?/m1/s1. The molecule has 4 saturated carbocycles. The largest absolute Gasteiger partial charge is 0.379 e. The maximum atomic E-state index is 12.8. The lowest BCUT2D eigenvalue weighted by Crippen LogP contribution is -2.59. The van der Waals surface area contributed by atoms with E-state index in [1.807, 2.05) is 0 Å². The molecule has 0 aromatic carbocycles. The van der Waals surface area contributed by atoms with Gasteiger partial charge in [0.15, 0.2) is 0 Å². The van der Waals surface area contributed by atoms with E-state index in [1.165, 1.54) is 38.5 Å². The Morgan fingerprint density at radius 3 is 2.09 bits per heavy atom. The second kappa shape index (κ2) is 5.97. The van der Waals surface area contributed by atoms with Gasteiger partial charge in [0.1, 0.15) is 0 Å². The van der Waals surface area contributed by atoms with Gasteiger partial charge in [-0.15, -0.1) is 0 Å². The molecule has 0 radical (unpaired) electrons. The molecule has 1 atom stereocenters. The third-order valence-electron chi connectivity index (χ3n) is 6.83. The second-order valence-electron chi connectivity index (χ2n) is 8.38. The highest BCUT2D eigenvalue weighted by atomic mass is 32.2. The number of nitrogens with one attached hydrogen (secondary N) is 1. The van der Waals surface area contributed by atoms with Crippen LogP contribution in [0.1, 0.15) is 51.9 Å². The lowest BCUT2D eigenvalue weighted by molar-refractivity contribution is -0.0707. The Bertz CT molecular complexity index is 507. The van der Waals surface area contributed by atoms with Crippen LogP contribution in [-0.2, 0) is 14.9 Å². The molecule has 0 aromatic heterocycles. The third-order valence-corrected chi connectivity index (χ3v) is 8.46. The highest BCUT2D eigenvalue weighted by Gasteiger charge is 2.54. The highest BCUT2D eigenvalue weighted by molar-refractivity contribution is 7.87. The van der Waals surface area contributed by atoms with Crippen molar-refractivity contribution in [1.82, 2.24) is 9.03 Å². The molecule has 1 heterocycles. The van der Waals surface area contributed by atoms with Gasteiger partial charge in [-0.1, -0.05) is 6.92 Å². The first-order chi connectivity index (χ1) is 11.0. The predicted molar refractivity (Wildman–Crippen MR) is 89.1 cm³/mol. The van der Waals surface area contributed by atoms with Crippen molar-refractivity contribution in [2.75, 3.05) is 26.3 Å². The van der Waals surface area contributed by atoms with Crippen LogP contribution in [0.4, 0.5) is 0 Å². The molecule has 0 amide bonds. The normalized spacial score (nSPS) is 42.0. The van der Waals surface area contributed by atoms with Crippen molar-refractivity contribution in [1.29, 1.82) is 0 Å². The minimum Gasteiger partial charge on any atom is -0.379 e. The van der Waals surface area contributed by atoms with Gasteiger partial charge in [0, 0.05) is 19.1 Å². The second-order valence-corrected chi connectivity index (χ2v) is 10.1. The maximum absolute atomic E-state index is 12.8. The first kappa shape index (κ1) is 16.3. The Labute approximate surface area is 140 Å². The monoisotopic (exact) mass is 342 g/mol. The molecule has 6 heteroatoms. The molecule has 4 bridgehead atoms. The molecule has 4 aliphatic carbocycles. The van der Waals surface area contributed by atoms with Gasteiger partial charge in [0.25, 0.3) is 10.2 Å². The summed E-state index contributed by atoms with van der Waals surface area (Å²) in [4.78, 5) is 0. The van der Waals surface area contributed by atoms with Crippen molar-refractivity contribution < 1.29 is 13.2 Å². The summed E-state index contributed by atoms with van der Waals surface area (Å²) in [6.45, 7) is 4.12. The zero-order valence-corrected chi connectivity index (χ0v) is 15.0. The molecule has 132 valence electrons. The first-order valence-electron chi connectivity index (χ1n) is 9.36. The lowest BCUT2D eigenvalue weighted by Gasteiger charge is -2.59. The number of hydrogen-bond acceptors (Lipinski definition) is 3. The third kappa shape index (κ3) is 2.96. The number of nitrogens with zero attached hydrogens (tertiary/aromatic N) is 1. The molecule has 5 fully saturated rings. The van der Waals surface area contributed by atoms with E-state index in [2.05, 4.69) is 11.6 Å². The molecule has 23 heavy (non-hydrogen) atoms. The molecule has 5 nitrogen and oxygen atoms in total. The van der Waals surface area contributed by atoms with E-state index in [4.69, 9.17) is 4.74 Å². The fourth-order valence-corrected chi connectivity index (χ4v) is 7.84. The van der Waals surface area contributed by atoms with Crippen LogP contribution < -0.4 is 4.72 Å². The smallest absolute Gasteiger partial charge is 0.279 e. The molecule has 0 aromatic rings. The van der Waals surface area contributed by atoms with Crippen LogP contribution in [0.3, 0.4) is 0 Å². The van der Waals surface area contributed by atoms with E-state index >= 15 is 0 Å². The van der Waals surface area contributed by atoms with E-state index in [0.29, 0.717) is 26.3 Å². The Morgan fingerprint density at radius 1 is 1.09 bits per heavy atom. The van der Waals surface area contributed by atoms with Crippen LogP contribution in [0, 0.1) is 23.2 Å². The van der Waals surface area contributed by atoms with E-state index in [1.54, 1.807) is 4.31 Å². The van der Waals surface area contributed by atoms with E-state index in [9.17, 15) is 8.42 Å². The average molecular weight is 343 g/mol. The molecule has 1 aliphatic heterocycles. The number of hydrogen-bond donors (Lipinski definition) is 1. The van der Waals surface area contributed by atoms with E-state index < -0.39 is 10.2 Å². The summed E-state index contributed by atoms with van der Waals surface area (Å²) in [6, 6.07) is 0.101. The minimum atomic E-state index is -3.38. The summed E-state index contributed by atoms with van der Waals surface area (Å²) in [6.07, 6.45) is 8.80. The maximum Gasteiger partial charge on any atom is 0.279 e. The molecule has 1 saturated heterocycles. The molecule has 1 N–H and O–H groups in total. The van der Waals surface area contributed by atoms with Crippen molar-refractivity contribution in [3.63, 3.8) is 0 Å². The van der Waals surface area contributed by atoms with Crippen molar-refractivity contribution in [3.05, 3.63) is 0 Å². The van der Waals surface area contributed by atoms with Gasteiger partial charge in [0.2, 0.25) is 0 Å². The molecule has 0 unspecified atom stereocenters. The summed E-state index contributed by atoms with van der Waals surface area (Å²) >= 11 is 0. The van der Waals surface area contributed by atoms with Crippen LogP contribution >= 0.6 is 0 Å². The molecule has 0 spiro atoms. The van der Waals surface area contributed by atoms with Crippen LogP contribution in [0.5, 0.6) is 0 Å². The van der Waals surface area contributed by atoms with Crippen molar-refractivity contribution in [2.24, 2.45) is 23.2 Å². The molecular weight excluding hydrogens is 312 g/mol. The summed E-state index contributed by atoms with van der Waals surface area (Å²) in [5.41, 5.74) is 0.225. The number of ether oxygens (including phenoxy) is 1. The molecule has 5 rings (SSSR count). The van der Waals surface area contributed by atoms with Gasteiger partial charge in [-0.3, -0.25) is 0 Å². The highest BCUT2D eigenvalue weighted by Crippen LogP contribution is 2.61. The van der Waals surface area contributed by atoms with Crippen LogP contribution in [0.25, 0.3) is 0 Å². The SMILES string of the molecule is CC[C@@H](NS(=O)(=O)N1CCOCC1)C12CC3CC(CC(C3)C1)C2. The average Bonchev–Trinajstić information content (AvgIpc) is 2.52. The zero-order valence-electron chi connectivity index (χ0n) is 14.2. The van der Waals surface area contributed by atoms with E-state index in [0.717, 1.165) is 24.2 Å². The van der Waals surface area contributed by atoms with Crippen LogP contribution in [0.2, 0.25) is 0 Å². The van der Waals surface area contributed by atoms with E-state index in [-0.39, 0.29) is 11.5 Å². The number of morpholine rings is 1. The lowest BCUT2D eigenvalue weighted by atomic mass is 9.47. The zero-order chi connectivity index (χ0) is 16.1. The van der Waals surface area contributed by atoms with Gasteiger partial charge < -0.3 is 4.74 Å². The van der Waals surface area contributed by atoms with Gasteiger partial charge in [-0.2, -0.15) is 17.4 Å². The summed E-state index contributed by atoms with van der Waals surface area (Å²) < 4.78 is 35.6. The predicted octanol–water partition coefficient (Wildman–Crippen LogP) is 2.15. The topological polar surface area (TPSA) is 58.6 Å². The first-order valence-corrected chi connectivity index (χ1v) is 10.8. The van der Waals surface area contributed by atoms with Crippen LogP contribution in [-0.4, -0.2) is 45.1 Å². The Balaban J connectivity index is 1.52. The molecular formula is C17H30N2O3S. The minimum absolute atomic E-state index is 0.101. The summed E-state index contributed by atoms with van der Waals surface area (Å²) in [5, 5.41) is 0. The summed E-state index contributed by atoms with van der Waals surface area (Å²) in [5.74, 6) is 2.55. The van der Waals surface area contributed by atoms with Crippen molar-refractivity contribution >= 4 is 10.2 Å². The van der Waals surface area contributed by atoms with Gasteiger partial charge in [0.05, 0.1) is 13.2 Å². The van der Waals surface area contributed by atoms with Gasteiger partial charge in [-0.25, -0.2) is 0 Å². The number of rotatable bonds is 5. The molecule has 5 aliphatic rings. The fourth-order valence-electron chi connectivity index (χ4n) is 6.29. The van der Waals surface area contributed by atoms with Crippen molar-refractivity contribution in [3.8, 4) is 0 Å². The van der Waals surface area contributed by atoms with Gasteiger partial charge >= 0.3 is 0 Å². The van der Waals surface area contributed by atoms with Gasteiger partial charge in [-0.05, 0) is 68.1 Å². The Hall–Kier alpha value is -0.170. The summed E-state index contributed by atoms with van der Waals surface area (Å²) in [7, 11) is -3.38. The quantitative estimate of drug-likeness (QED) is 0.833.